The Labute approximate surface area is 114 Å². The summed E-state index contributed by atoms with van der Waals surface area (Å²) in [6, 6.07) is 0. The third kappa shape index (κ3) is 5.49. The zero-order valence-corrected chi connectivity index (χ0v) is 12.4. The van der Waals surface area contributed by atoms with E-state index in [-0.39, 0.29) is 0 Å². The lowest BCUT2D eigenvalue weighted by Gasteiger charge is -2.10. The summed E-state index contributed by atoms with van der Waals surface area (Å²) in [5, 5.41) is 7.80. The van der Waals surface area contributed by atoms with Crippen molar-refractivity contribution in [2.75, 3.05) is 20.1 Å². The molecule has 0 saturated carbocycles. The molecule has 1 heterocycles. The average molecular weight is 268 g/mol. The first-order chi connectivity index (χ1) is 8.80. The van der Waals surface area contributed by atoms with Crippen LogP contribution < -0.4 is 10.6 Å². The van der Waals surface area contributed by atoms with E-state index in [1.807, 2.05) is 6.20 Å². The van der Waals surface area contributed by atoms with Crippen molar-refractivity contribution in [3.05, 3.63) is 16.1 Å². The minimum Gasteiger partial charge on any atom is -0.356 e. The minimum atomic E-state index is 0.877. The zero-order valence-electron chi connectivity index (χ0n) is 11.6. The fourth-order valence-electron chi connectivity index (χ4n) is 1.52. The van der Waals surface area contributed by atoms with E-state index in [0.29, 0.717) is 0 Å². The Bertz CT molecular complexity index is 360. The second-order valence-electron chi connectivity index (χ2n) is 4.10. The van der Waals surface area contributed by atoms with Gasteiger partial charge in [-0.2, -0.15) is 0 Å². The van der Waals surface area contributed by atoms with E-state index >= 15 is 0 Å². The Morgan fingerprint density at radius 3 is 2.72 bits per heavy atom. The lowest BCUT2D eigenvalue weighted by Crippen LogP contribution is -2.38. The van der Waals surface area contributed by atoms with Gasteiger partial charge in [-0.3, -0.25) is 4.99 Å². The van der Waals surface area contributed by atoms with Crippen molar-refractivity contribution in [2.45, 2.75) is 39.5 Å². The van der Waals surface area contributed by atoms with Crippen LogP contribution in [0, 0.1) is 0 Å². The largest absolute Gasteiger partial charge is 0.356 e. The molecule has 0 radical (unpaired) electrons. The molecular weight excluding hydrogens is 244 g/mol. The SMILES string of the molecule is CCCCNC(=NC)NCCc1ncc(CC)s1. The van der Waals surface area contributed by atoms with Gasteiger partial charge in [-0.1, -0.05) is 20.3 Å². The van der Waals surface area contributed by atoms with Crippen LogP contribution in [0.25, 0.3) is 0 Å². The smallest absolute Gasteiger partial charge is 0.190 e. The molecule has 2 N–H and O–H groups in total. The maximum Gasteiger partial charge on any atom is 0.190 e. The predicted octanol–water partition coefficient (Wildman–Crippen LogP) is 2.21. The number of aryl methyl sites for hydroxylation is 1. The fourth-order valence-corrected chi connectivity index (χ4v) is 2.38. The van der Waals surface area contributed by atoms with Gasteiger partial charge >= 0.3 is 0 Å². The van der Waals surface area contributed by atoms with E-state index in [1.54, 1.807) is 18.4 Å². The Hall–Kier alpha value is -1.10. The van der Waals surface area contributed by atoms with Crippen LogP contribution in [0.1, 0.15) is 36.6 Å². The van der Waals surface area contributed by atoms with E-state index in [4.69, 9.17) is 0 Å². The topological polar surface area (TPSA) is 49.3 Å². The molecule has 4 nitrogen and oxygen atoms in total. The van der Waals surface area contributed by atoms with Crippen LogP contribution in [0.15, 0.2) is 11.2 Å². The summed E-state index contributed by atoms with van der Waals surface area (Å²) in [5.74, 6) is 0.885. The number of nitrogens with one attached hydrogen (secondary N) is 2. The Morgan fingerprint density at radius 1 is 1.33 bits per heavy atom. The molecule has 0 fully saturated rings. The summed E-state index contributed by atoms with van der Waals surface area (Å²) in [6.45, 7) is 6.20. The number of nitrogens with zero attached hydrogens (tertiary/aromatic N) is 2. The van der Waals surface area contributed by atoms with Crippen LogP contribution in [0.3, 0.4) is 0 Å². The molecule has 0 atom stereocenters. The second-order valence-corrected chi connectivity index (χ2v) is 5.30. The molecule has 0 aliphatic rings. The molecule has 0 aromatic carbocycles. The lowest BCUT2D eigenvalue weighted by molar-refractivity contribution is 0.726. The maximum atomic E-state index is 4.40. The van der Waals surface area contributed by atoms with Crippen LogP contribution in [0.4, 0.5) is 0 Å². The monoisotopic (exact) mass is 268 g/mol. The highest BCUT2D eigenvalue weighted by atomic mass is 32.1. The molecule has 0 aliphatic heterocycles. The molecule has 18 heavy (non-hydrogen) atoms. The van der Waals surface area contributed by atoms with Crippen molar-refractivity contribution >= 4 is 17.3 Å². The van der Waals surface area contributed by atoms with E-state index in [9.17, 15) is 0 Å². The van der Waals surface area contributed by atoms with Crippen LogP contribution in [0.5, 0.6) is 0 Å². The molecule has 0 unspecified atom stereocenters. The van der Waals surface area contributed by atoms with Gasteiger partial charge in [0.15, 0.2) is 5.96 Å². The normalized spacial score (nSPS) is 11.6. The molecule has 0 amide bonds. The number of thiazole rings is 1. The molecule has 1 aromatic heterocycles. The standard InChI is InChI=1S/C13H24N4S/c1-4-6-8-15-13(14-3)16-9-7-12-17-10-11(5-2)18-12/h10H,4-9H2,1-3H3,(H2,14,15,16). The van der Waals surface area contributed by atoms with E-state index in [0.717, 1.165) is 31.9 Å². The van der Waals surface area contributed by atoms with Gasteiger partial charge in [-0.15, -0.1) is 11.3 Å². The Balaban J connectivity index is 2.22. The van der Waals surface area contributed by atoms with E-state index in [2.05, 4.69) is 34.5 Å². The van der Waals surface area contributed by atoms with Gasteiger partial charge < -0.3 is 10.6 Å². The highest BCUT2D eigenvalue weighted by Gasteiger charge is 2.01. The van der Waals surface area contributed by atoms with E-state index < -0.39 is 0 Å². The average Bonchev–Trinajstić information content (AvgIpc) is 2.85. The molecule has 102 valence electrons. The molecule has 0 bridgehead atoms. The van der Waals surface area contributed by atoms with Gasteiger partial charge in [0, 0.05) is 37.6 Å². The summed E-state index contributed by atoms with van der Waals surface area (Å²) in [7, 11) is 1.81. The molecule has 1 rings (SSSR count). The van der Waals surface area contributed by atoms with Gasteiger partial charge in [0.25, 0.3) is 0 Å². The van der Waals surface area contributed by atoms with Crippen molar-refractivity contribution in [1.29, 1.82) is 0 Å². The van der Waals surface area contributed by atoms with Gasteiger partial charge in [0.05, 0.1) is 5.01 Å². The zero-order chi connectivity index (χ0) is 13.2. The summed E-state index contributed by atoms with van der Waals surface area (Å²) in [5.41, 5.74) is 0. The van der Waals surface area contributed by atoms with Gasteiger partial charge in [-0.05, 0) is 12.8 Å². The highest BCUT2D eigenvalue weighted by molar-refractivity contribution is 7.11. The number of hydrogen-bond donors (Lipinski definition) is 2. The third-order valence-electron chi connectivity index (χ3n) is 2.63. The van der Waals surface area contributed by atoms with Crippen LogP contribution in [-0.4, -0.2) is 31.1 Å². The summed E-state index contributed by atoms with van der Waals surface area (Å²) < 4.78 is 0. The minimum absolute atomic E-state index is 0.877. The van der Waals surface area contributed by atoms with Crippen LogP contribution >= 0.6 is 11.3 Å². The summed E-state index contributed by atoms with van der Waals surface area (Å²) >= 11 is 1.80. The van der Waals surface area contributed by atoms with Crippen molar-refractivity contribution in [3.63, 3.8) is 0 Å². The molecule has 0 spiro atoms. The molecule has 1 aromatic rings. The first-order valence-corrected chi connectivity index (χ1v) is 7.49. The van der Waals surface area contributed by atoms with Crippen LogP contribution in [0.2, 0.25) is 0 Å². The second kappa shape index (κ2) is 8.91. The van der Waals surface area contributed by atoms with E-state index in [1.165, 1.54) is 22.7 Å². The van der Waals surface area contributed by atoms with Gasteiger partial charge in [-0.25, -0.2) is 4.98 Å². The predicted molar refractivity (Wildman–Crippen MR) is 79.5 cm³/mol. The molecule has 5 heteroatoms. The Kier molecular flexibility index (Phi) is 7.41. The highest BCUT2D eigenvalue weighted by Crippen LogP contribution is 2.13. The number of aliphatic imine (C=N–C) groups is 1. The quantitative estimate of drug-likeness (QED) is 0.453. The molecular formula is C13H24N4S. The summed E-state index contributed by atoms with van der Waals surface area (Å²) in [4.78, 5) is 9.95. The van der Waals surface area contributed by atoms with Gasteiger partial charge in [0.1, 0.15) is 0 Å². The van der Waals surface area contributed by atoms with Crippen molar-refractivity contribution in [1.82, 2.24) is 15.6 Å². The molecule has 0 saturated heterocycles. The Morgan fingerprint density at radius 2 is 2.11 bits per heavy atom. The number of unbranched alkanes of at least 4 members (excludes halogenated alkanes) is 1. The first-order valence-electron chi connectivity index (χ1n) is 6.68. The fraction of sp³-hybridized carbons (Fsp3) is 0.692. The molecule has 0 aliphatic carbocycles. The maximum absolute atomic E-state index is 4.40. The van der Waals surface area contributed by atoms with Crippen LogP contribution in [-0.2, 0) is 12.8 Å². The number of hydrogen-bond acceptors (Lipinski definition) is 3. The summed E-state index contributed by atoms with van der Waals surface area (Å²) in [6.07, 6.45) is 6.38. The number of rotatable bonds is 7. The number of guanidine groups is 1. The van der Waals surface area contributed by atoms with Gasteiger partial charge in [0.2, 0.25) is 0 Å². The lowest BCUT2D eigenvalue weighted by atomic mass is 10.3. The number of aromatic nitrogens is 1. The first kappa shape index (κ1) is 15.0. The van der Waals surface area contributed by atoms with Crippen molar-refractivity contribution in [3.8, 4) is 0 Å². The third-order valence-corrected chi connectivity index (χ3v) is 3.83. The van der Waals surface area contributed by atoms with Crippen molar-refractivity contribution in [2.24, 2.45) is 4.99 Å². The van der Waals surface area contributed by atoms with Crippen molar-refractivity contribution < 1.29 is 0 Å².